The number of H-pyrrole nitrogens is 1. The lowest BCUT2D eigenvalue weighted by molar-refractivity contribution is -0.123. The minimum absolute atomic E-state index is 0.00878. The molecule has 11 nitrogen and oxygen atoms in total. The van der Waals surface area contributed by atoms with Crippen molar-refractivity contribution >= 4 is 23.3 Å². The van der Waals surface area contributed by atoms with Crippen molar-refractivity contribution in [3.8, 4) is 0 Å². The van der Waals surface area contributed by atoms with Gasteiger partial charge in [0.1, 0.15) is 5.82 Å². The first kappa shape index (κ1) is 24.4. The minimum atomic E-state index is -0.713. The number of likely N-dealkylation sites (N-methyl/N-ethyl adjacent to an activating group) is 2. The summed E-state index contributed by atoms with van der Waals surface area (Å²) in [5.41, 5.74) is 4.72. The Morgan fingerprint density at radius 3 is 2.52 bits per heavy atom. The molecule has 1 heterocycles. The summed E-state index contributed by atoms with van der Waals surface area (Å²) in [6.07, 6.45) is 1.55. The summed E-state index contributed by atoms with van der Waals surface area (Å²) in [7, 11) is 3.16. The molecule has 0 aliphatic rings. The van der Waals surface area contributed by atoms with Crippen LogP contribution in [0, 0.1) is 0 Å². The van der Waals surface area contributed by atoms with Gasteiger partial charge < -0.3 is 20.7 Å². The predicted molar refractivity (Wildman–Crippen MR) is 111 cm³/mol. The molecule has 1 aromatic rings. The second-order valence-corrected chi connectivity index (χ2v) is 6.65. The molecule has 11 heteroatoms. The molecule has 0 aromatic carbocycles. The summed E-state index contributed by atoms with van der Waals surface area (Å²) in [6.45, 7) is 4.89. The van der Waals surface area contributed by atoms with Crippen molar-refractivity contribution in [3.63, 3.8) is 0 Å². The van der Waals surface area contributed by atoms with Gasteiger partial charge >= 0.3 is 5.69 Å². The van der Waals surface area contributed by atoms with E-state index in [1.54, 1.807) is 14.0 Å². The van der Waals surface area contributed by atoms with Crippen LogP contribution in [0.3, 0.4) is 0 Å². The van der Waals surface area contributed by atoms with E-state index in [1.807, 2.05) is 6.92 Å². The van der Waals surface area contributed by atoms with Crippen LogP contribution in [-0.2, 0) is 20.9 Å². The van der Waals surface area contributed by atoms with E-state index in [-0.39, 0.29) is 37.0 Å². The van der Waals surface area contributed by atoms with E-state index in [4.69, 9.17) is 10.5 Å². The van der Waals surface area contributed by atoms with Crippen molar-refractivity contribution in [2.24, 2.45) is 0 Å². The number of aromatic nitrogens is 2. The van der Waals surface area contributed by atoms with Crippen molar-refractivity contribution in [2.45, 2.75) is 33.2 Å². The van der Waals surface area contributed by atoms with Crippen LogP contribution in [0.1, 0.15) is 26.7 Å². The lowest BCUT2D eigenvalue weighted by atomic mass is 10.3. The molecule has 0 fully saturated rings. The number of hydrogen-bond acceptors (Lipinski definition) is 7. The van der Waals surface area contributed by atoms with Crippen molar-refractivity contribution in [1.82, 2.24) is 19.8 Å². The van der Waals surface area contributed by atoms with Crippen LogP contribution >= 0.6 is 0 Å². The van der Waals surface area contributed by atoms with E-state index < -0.39 is 17.2 Å². The number of ether oxygens (including phenoxy) is 1. The van der Waals surface area contributed by atoms with Gasteiger partial charge in [-0.25, -0.2) is 4.79 Å². The number of nitrogens with one attached hydrogen (secondary N) is 2. The zero-order chi connectivity index (χ0) is 22.0. The zero-order valence-corrected chi connectivity index (χ0v) is 17.6. The van der Waals surface area contributed by atoms with Crippen molar-refractivity contribution in [1.29, 1.82) is 0 Å². The smallest absolute Gasteiger partial charge is 0.330 e. The van der Waals surface area contributed by atoms with E-state index in [9.17, 15) is 19.2 Å². The lowest BCUT2D eigenvalue weighted by Crippen LogP contribution is -2.46. The van der Waals surface area contributed by atoms with Gasteiger partial charge in [-0.05, 0) is 20.4 Å². The summed E-state index contributed by atoms with van der Waals surface area (Å²) in [5.74, 6) is -0.689. The third-order valence-corrected chi connectivity index (χ3v) is 4.28. The number of amides is 2. The third-order valence-electron chi connectivity index (χ3n) is 4.28. The first-order valence-electron chi connectivity index (χ1n) is 9.63. The van der Waals surface area contributed by atoms with E-state index in [0.717, 1.165) is 6.42 Å². The normalized spacial score (nSPS) is 10.9. The number of anilines is 2. The molecule has 1 rings (SSSR count). The molecular weight excluding hydrogens is 380 g/mol. The molecule has 0 radical (unpaired) electrons. The first-order chi connectivity index (χ1) is 13.8. The molecule has 0 saturated carbocycles. The molecule has 164 valence electrons. The van der Waals surface area contributed by atoms with Gasteiger partial charge in [-0.15, -0.1) is 0 Å². The second kappa shape index (κ2) is 12.0. The third kappa shape index (κ3) is 7.02. The predicted octanol–water partition coefficient (Wildman–Crippen LogP) is -1.03. The standard InChI is InChI=1S/C18H32N6O5/c1-5-7-9-24-16(19)15(17(27)21-18(24)28)23(6-2)14(26)12-22(3)11-13(25)20-8-10-29-4/h5-12,19H2,1-4H3,(H,20,25)(H,21,27,28). The average molecular weight is 412 g/mol. The fraction of sp³-hybridized carbons (Fsp3) is 0.667. The highest BCUT2D eigenvalue weighted by Gasteiger charge is 2.24. The van der Waals surface area contributed by atoms with Gasteiger partial charge in [0, 0.05) is 26.7 Å². The molecule has 0 aliphatic carbocycles. The van der Waals surface area contributed by atoms with Gasteiger partial charge in [0.05, 0.1) is 19.7 Å². The maximum Gasteiger partial charge on any atom is 0.330 e. The number of unbranched alkanes of at least 4 members (excludes halogenated alkanes) is 1. The van der Waals surface area contributed by atoms with Crippen LogP contribution in [0.25, 0.3) is 0 Å². The van der Waals surface area contributed by atoms with E-state index in [2.05, 4.69) is 10.3 Å². The highest BCUT2D eigenvalue weighted by molar-refractivity contribution is 5.97. The van der Waals surface area contributed by atoms with Crippen LogP contribution < -0.4 is 27.2 Å². The van der Waals surface area contributed by atoms with E-state index >= 15 is 0 Å². The number of carbonyl (C=O) groups is 2. The molecule has 0 spiro atoms. The minimum Gasteiger partial charge on any atom is -0.383 e. The number of nitrogen functional groups attached to an aromatic ring is 1. The second-order valence-electron chi connectivity index (χ2n) is 6.65. The zero-order valence-electron chi connectivity index (χ0n) is 17.6. The van der Waals surface area contributed by atoms with E-state index in [0.29, 0.717) is 26.1 Å². The van der Waals surface area contributed by atoms with Gasteiger partial charge in [0.15, 0.2) is 5.69 Å². The Labute approximate surface area is 169 Å². The Hall–Kier alpha value is -2.66. The van der Waals surface area contributed by atoms with Gasteiger partial charge in [-0.3, -0.25) is 28.8 Å². The van der Waals surface area contributed by atoms with Crippen LogP contribution in [0.5, 0.6) is 0 Å². The van der Waals surface area contributed by atoms with Crippen molar-refractivity contribution in [2.75, 3.05) is 57.6 Å². The average Bonchev–Trinajstić information content (AvgIpc) is 2.64. The molecule has 0 atom stereocenters. The summed E-state index contributed by atoms with van der Waals surface area (Å²) in [6, 6.07) is 0. The summed E-state index contributed by atoms with van der Waals surface area (Å²) in [4.78, 5) is 54.1. The Morgan fingerprint density at radius 2 is 1.93 bits per heavy atom. The highest BCUT2D eigenvalue weighted by atomic mass is 16.5. The van der Waals surface area contributed by atoms with E-state index in [1.165, 1.54) is 21.5 Å². The fourth-order valence-corrected chi connectivity index (χ4v) is 2.80. The van der Waals surface area contributed by atoms with Gasteiger partial charge in [0.25, 0.3) is 5.56 Å². The Morgan fingerprint density at radius 1 is 1.24 bits per heavy atom. The highest BCUT2D eigenvalue weighted by Crippen LogP contribution is 2.17. The SMILES string of the molecule is CCCCn1c(N)c(N(CC)C(=O)CN(C)CC(=O)NCCOC)c(=O)[nH]c1=O. The van der Waals surface area contributed by atoms with Crippen molar-refractivity contribution in [3.05, 3.63) is 20.8 Å². The Bertz CT molecular complexity index is 803. The van der Waals surface area contributed by atoms with Gasteiger partial charge in [-0.1, -0.05) is 13.3 Å². The van der Waals surface area contributed by atoms with Crippen molar-refractivity contribution < 1.29 is 14.3 Å². The quantitative estimate of drug-likeness (QED) is 0.372. The number of hydrogen-bond donors (Lipinski definition) is 3. The summed E-state index contributed by atoms with van der Waals surface area (Å²) in [5, 5.41) is 2.67. The number of rotatable bonds is 12. The van der Waals surface area contributed by atoms with Crippen LogP contribution in [-0.4, -0.2) is 73.2 Å². The molecule has 0 aliphatic heterocycles. The number of carbonyl (C=O) groups excluding carboxylic acids is 2. The monoisotopic (exact) mass is 412 g/mol. The largest absolute Gasteiger partial charge is 0.383 e. The first-order valence-corrected chi connectivity index (χ1v) is 9.63. The van der Waals surface area contributed by atoms with Crippen LogP contribution in [0.4, 0.5) is 11.5 Å². The molecular formula is C18H32N6O5. The molecule has 0 saturated heterocycles. The fourth-order valence-electron chi connectivity index (χ4n) is 2.80. The van der Waals surface area contributed by atoms with Gasteiger partial charge in [-0.2, -0.15) is 0 Å². The number of nitrogens with zero attached hydrogens (tertiary/aromatic N) is 3. The maximum atomic E-state index is 12.8. The molecule has 29 heavy (non-hydrogen) atoms. The number of methoxy groups -OCH3 is 1. The molecule has 0 bridgehead atoms. The maximum absolute atomic E-state index is 12.8. The van der Waals surface area contributed by atoms with Gasteiger partial charge in [0.2, 0.25) is 11.8 Å². The molecule has 4 N–H and O–H groups in total. The number of nitrogens with two attached hydrogens (primary N) is 1. The lowest BCUT2D eigenvalue weighted by Gasteiger charge is -2.25. The van der Waals surface area contributed by atoms with Crippen LogP contribution in [0.2, 0.25) is 0 Å². The van der Waals surface area contributed by atoms with Crippen LogP contribution in [0.15, 0.2) is 9.59 Å². The Balaban J connectivity index is 2.96. The molecule has 1 aromatic heterocycles. The molecule has 2 amide bonds. The summed E-state index contributed by atoms with van der Waals surface area (Å²) >= 11 is 0. The molecule has 0 unspecified atom stereocenters. The topological polar surface area (TPSA) is 143 Å². The summed E-state index contributed by atoms with van der Waals surface area (Å²) < 4.78 is 6.13. The Kier molecular flexibility index (Phi) is 10.1. The number of aromatic amines is 1.